The fourth-order valence-electron chi connectivity index (χ4n) is 2.95. The van der Waals surface area contributed by atoms with Crippen LogP contribution >= 0.6 is 11.6 Å². The summed E-state index contributed by atoms with van der Waals surface area (Å²) in [4.78, 5) is 2.35. The summed E-state index contributed by atoms with van der Waals surface area (Å²) in [5.74, 6) is 1.75. The van der Waals surface area contributed by atoms with E-state index in [9.17, 15) is 0 Å². The van der Waals surface area contributed by atoms with Gasteiger partial charge in [-0.1, -0.05) is 23.7 Å². The number of aromatic nitrogens is 2. The van der Waals surface area contributed by atoms with Gasteiger partial charge in [0.25, 0.3) is 0 Å². The highest BCUT2D eigenvalue weighted by atomic mass is 35.5. The zero-order chi connectivity index (χ0) is 16.4. The van der Waals surface area contributed by atoms with Gasteiger partial charge in [-0.3, -0.25) is 10.00 Å². The average Bonchev–Trinajstić information content (AvgIpc) is 3.27. The molecular formula is C18H18ClN3O2. The van der Waals surface area contributed by atoms with Gasteiger partial charge in [0, 0.05) is 24.3 Å². The minimum atomic E-state index is 0.0676. The van der Waals surface area contributed by atoms with Gasteiger partial charge < -0.3 is 9.15 Å². The Morgan fingerprint density at radius 3 is 2.83 bits per heavy atom. The number of furan rings is 1. The number of halogens is 1. The Labute approximate surface area is 145 Å². The van der Waals surface area contributed by atoms with Gasteiger partial charge in [-0.15, -0.1) is 0 Å². The van der Waals surface area contributed by atoms with Crippen molar-refractivity contribution in [1.82, 2.24) is 15.1 Å². The molecule has 4 rings (SSSR count). The van der Waals surface area contributed by atoms with Gasteiger partial charge in [-0.2, -0.15) is 5.10 Å². The van der Waals surface area contributed by atoms with E-state index in [0.717, 1.165) is 47.4 Å². The quantitative estimate of drug-likeness (QED) is 0.780. The van der Waals surface area contributed by atoms with Crippen molar-refractivity contribution in [2.24, 2.45) is 0 Å². The molecule has 24 heavy (non-hydrogen) atoms. The number of hydrogen-bond acceptors (Lipinski definition) is 4. The average molecular weight is 344 g/mol. The van der Waals surface area contributed by atoms with Crippen molar-refractivity contribution in [3.8, 4) is 11.5 Å². The first kappa shape index (κ1) is 15.4. The molecule has 0 saturated carbocycles. The Kier molecular flexibility index (Phi) is 4.38. The molecule has 0 spiro atoms. The number of ether oxygens (including phenoxy) is 1. The van der Waals surface area contributed by atoms with Crippen molar-refractivity contribution in [2.45, 2.75) is 12.6 Å². The zero-order valence-corrected chi connectivity index (χ0v) is 13.9. The smallest absolute Gasteiger partial charge is 0.152 e. The molecule has 1 aromatic carbocycles. The highest BCUT2D eigenvalue weighted by Gasteiger charge is 2.23. The van der Waals surface area contributed by atoms with Crippen LogP contribution in [0, 0.1) is 0 Å². The molecule has 1 unspecified atom stereocenters. The number of hydrogen-bond donors (Lipinski definition) is 1. The van der Waals surface area contributed by atoms with Gasteiger partial charge >= 0.3 is 0 Å². The predicted octanol–water partition coefficient (Wildman–Crippen LogP) is 3.90. The van der Waals surface area contributed by atoms with E-state index >= 15 is 0 Å². The molecule has 6 heteroatoms. The van der Waals surface area contributed by atoms with Crippen molar-refractivity contribution < 1.29 is 9.15 Å². The third-order valence-electron chi connectivity index (χ3n) is 4.20. The molecule has 5 nitrogen and oxygen atoms in total. The minimum Gasteiger partial charge on any atom is -0.458 e. The lowest BCUT2D eigenvalue weighted by molar-refractivity contribution is -0.0346. The Morgan fingerprint density at radius 1 is 1.17 bits per heavy atom. The summed E-state index contributed by atoms with van der Waals surface area (Å²) in [7, 11) is 0. The van der Waals surface area contributed by atoms with Gasteiger partial charge in [-0.25, -0.2) is 0 Å². The molecule has 1 saturated heterocycles. The van der Waals surface area contributed by atoms with Crippen LogP contribution in [-0.4, -0.2) is 34.8 Å². The normalized spacial score (nSPS) is 18.8. The summed E-state index contributed by atoms with van der Waals surface area (Å²) < 4.78 is 11.8. The van der Waals surface area contributed by atoms with Crippen LogP contribution in [-0.2, 0) is 11.3 Å². The van der Waals surface area contributed by atoms with Crippen LogP contribution in [0.4, 0.5) is 0 Å². The minimum absolute atomic E-state index is 0.0676. The van der Waals surface area contributed by atoms with Crippen molar-refractivity contribution in [3.05, 3.63) is 65.0 Å². The third-order valence-corrected chi connectivity index (χ3v) is 4.45. The maximum atomic E-state index is 5.96. The standard InChI is InChI=1S/C18H18ClN3O2/c19-14-3-1-13(2-4-14)18-12-22(9-10-23-18)11-15-5-6-17(24-15)16-7-8-20-21-16/h1-8,18H,9-12H2,(H,20,21). The molecule has 0 radical (unpaired) electrons. The van der Waals surface area contributed by atoms with Crippen molar-refractivity contribution >= 4 is 11.6 Å². The highest BCUT2D eigenvalue weighted by Crippen LogP contribution is 2.26. The zero-order valence-electron chi connectivity index (χ0n) is 13.1. The number of H-pyrrole nitrogens is 1. The molecule has 0 bridgehead atoms. The fraction of sp³-hybridized carbons (Fsp3) is 0.278. The summed E-state index contributed by atoms with van der Waals surface area (Å²) in [5.41, 5.74) is 2.05. The van der Waals surface area contributed by atoms with Crippen molar-refractivity contribution in [3.63, 3.8) is 0 Å². The van der Waals surface area contributed by atoms with Gasteiger partial charge in [0.1, 0.15) is 11.5 Å². The molecule has 1 atom stereocenters. The Hall–Kier alpha value is -2.08. The number of morpholine rings is 1. The lowest BCUT2D eigenvalue weighted by Gasteiger charge is -2.32. The predicted molar refractivity (Wildman–Crippen MR) is 91.7 cm³/mol. The van der Waals surface area contributed by atoms with Gasteiger partial charge in [0.05, 0.1) is 19.3 Å². The number of aromatic amines is 1. The van der Waals surface area contributed by atoms with E-state index in [0.29, 0.717) is 6.61 Å². The second-order valence-corrected chi connectivity index (χ2v) is 6.32. The summed E-state index contributed by atoms with van der Waals surface area (Å²) >= 11 is 5.96. The first-order valence-electron chi connectivity index (χ1n) is 7.96. The van der Waals surface area contributed by atoms with Crippen LogP contribution < -0.4 is 0 Å². The first-order valence-corrected chi connectivity index (χ1v) is 8.33. The second kappa shape index (κ2) is 6.81. The van der Waals surface area contributed by atoms with Crippen LogP contribution in [0.1, 0.15) is 17.4 Å². The second-order valence-electron chi connectivity index (χ2n) is 5.88. The van der Waals surface area contributed by atoms with Crippen LogP contribution in [0.15, 0.2) is 53.1 Å². The topological polar surface area (TPSA) is 54.3 Å². The largest absolute Gasteiger partial charge is 0.458 e. The fourth-order valence-corrected chi connectivity index (χ4v) is 3.07. The summed E-state index contributed by atoms with van der Waals surface area (Å²) in [6.45, 7) is 3.20. The van der Waals surface area contributed by atoms with E-state index in [1.54, 1.807) is 6.20 Å². The van der Waals surface area contributed by atoms with Crippen LogP contribution in [0.25, 0.3) is 11.5 Å². The molecule has 3 heterocycles. The summed E-state index contributed by atoms with van der Waals surface area (Å²) in [5, 5.41) is 7.61. The molecule has 1 N–H and O–H groups in total. The Morgan fingerprint density at radius 2 is 2.04 bits per heavy atom. The third kappa shape index (κ3) is 3.38. The van der Waals surface area contributed by atoms with E-state index in [-0.39, 0.29) is 6.10 Å². The van der Waals surface area contributed by atoms with Crippen LogP contribution in [0.3, 0.4) is 0 Å². The molecule has 1 aliphatic heterocycles. The molecule has 0 amide bonds. The van der Waals surface area contributed by atoms with E-state index in [1.165, 1.54) is 0 Å². The molecule has 0 aliphatic carbocycles. The SMILES string of the molecule is Clc1ccc(C2CN(Cc3ccc(-c4ccn[nH]4)o3)CCO2)cc1. The van der Waals surface area contributed by atoms with Gasteiger partial charge in [-0.05, 0) is 35.9 Å². The maximum Gasteiger partial charge on any atom is 0.152 e. The molecule has 1 fully saturated rings. The lowest BCUT2D eigenvalue weighted by Crippen LogP contribution is -2.37. The van der Waals surface area contributed by atoms with E-state index in [2.05, 4.69) is 15.1 Å². The van der Waals surface area contributed by atoms with E-state index < -0.39 is 0 Å². The van der Waals surface area contributed by atoms with E-state index in [1.807, 2.05) is 42.5 Å². The monoisotopic (exact) mass is 343 g/mol. The van der Waals surface area contributed by atoms with Crippen LogP contribution in [0.2, 0.25) is 5.02 Å². The highest BCUT2D eigenvalue weighted by molar-refractivity contribution is 6.30. The molecule has 3 aromatic rings. The van der Waals surface area contributed by atoms with Crippen molar-refractivity contribution in [1.29, 1.82) is 0 Å². The maximum absolute atomic E-state index is 5.96. The van der Waals surface area contributed by atoms with Gasteiger partial charge in [0.15, 0.2) is 5.76 Å². The Bertz CT molecular complexity index is 783. The summed E-state index contributed by atoms with van der Waals surface area (Å²) in [6.07, 6.45) is 1.79. The number of rotatable bonds is 4. The first-order chi connectivity index (χ1) is 11.8. The molecular weight excluding hydrogens is 326 g/mol. The molecule has 124 valence electrons. The molecule has 1 aliphatic rings. The Balaban J connectivity index is 1.42. The number of nitrogens with one attached hydrogen (secondary N) is 1. The lowest BCUT2D eigenvalue weighted by atomic mass is 10.1. The summed E-state index contributed by atoms with van der Waals surface area (Å²) in [6, 6.07) is 13.8. The number of benzene rings is 1. The van der Waals surface area contributed by atoms with Crippen molar-refractivity contribution in [2.75, 3.05) is 19.7 Å². The van der Waals surface area contributed by atoms with Gasteiger partial charge in [0.2, 0.25) is 0 Å². The van der Waals surface area contributed by atoms with Crippen LogP contribution in [0.5, 0.6) is 0 Å². The van der Waals surface area contributed by atoms with E-state index in [4.69, 9.17) is 20.8 Å². The molecule has 2 aromatic heterocycles. The number of nitrogens with zero attached hydrogens (tertiary/aromatic N) is 2.